The maximum atomic E-state index is 9.74. The van der Waals surface area contributed by atoms with Crippen LogP contribution in [0.15, 0.2) is 12.7 Å². The Balaban J connectivity index is -0.0000000133. The Morgan fingerprint density at radius 3 is 1.56 bits per heavy atom. The maximum Gasteiger partial charge on any atom is 0 e. The largest absolute Gasteiger partial charge is 0 e. The van der Waals surface area contributed by atoms with Crippen LogP contribution in [0.5, 0.6) is 0 Å². The Kier molecular flexibility index (Phi) is 73.9. The average molecular weight is 664 g/mol. The second-order valence-electron chi connectivity index (χ2n) is 0.542. The molecule has 0 aliphatic carbocycles. The zero-order valence-electron chi connectivity index (χ0n) is 4.57. The van der Waals surface area contributed by atoms with Gasteiger partial charge in [0.1, 0.15) is 0 Å². The number of rotatable bonds is 1. The summed E-state index contributed by atoms with van der Waals surface area (Å²) in [6.07, 6.45) is 1.33. The molecule has 9 heavy (non-hydrogen) atoms. The molecule has 1 nitrogen and oxygen atoms in total. The Hall–Kier alpha value is 3.02. The van der Waals surface area contributed by atoms with Crippen LogP contribution < -0.4 is 0 Å². The Morgan fingerprint density at radius 2 is 1.56 bits per heavy atom. The van der Waals surface area contributed by atoms with Crippen molar-refractivity contribution in [2.24, 2.45) is 0 Å². The predicted octanol–water partition coefficient (Wildman–Crippen LogP) is -1.28. The van der Waals surface area contributed by atoms with Crippen molar-refractivity contribution in [2.45, 2.75) is 0 Å². The first-order valence-corrected chi connectivity index (χ1v) is 2.86. The molecular formula is C3H3BiOSeTe2Zn. The number of hydrogen-bond acceptors (Lipinski definition) is 1. The smallest absolute Gasteiger partial charge is 0 e. The van der Waals surface area contributed by atoms with Crippen LogP contribution in [0.2, 0.25) is 0 Å². The molecule has 0 N–H and O–H groups in total. The van der Waals surface area contributed by atoms with Crippen LogP contribution >= 0.6 is 0 Å². The molecule has 0 aliphatic heterocycles. The van der Waals surface area contributed by atoms with Gasteiger partial charge in [0.05, 0.1) is 0 Å². The summed E-state index contributed by atoms with van der Waals surface area (Å²) in [5.41, 5.74) is 0. The number of hydrogen-bond donors (Lipinski definition) is 0. The van der Waals surface area contributed by atoms with E-state index in [0.717, 1.165) is 24.7 Å². The van der Waals surface area contributed by atoms with Gasteiger partial charge in [-0.2, -0.15) is 0 Å². The van der Waals surface area contributed by atoms with Crippen LogP contribution in [-0.4, -0.2) is 92.6 Å². The molecule has 0 amide bonds. The van der Waals surface area contributed by atoms with Crippen LogP contribution in [-0.2, 0) is 24.3 Å². The molecule has 0 spiro atoms. The molecule has 46 valence electrons. The minimum atomic E-state index is 0. The summed E-state index contributed by atoms with van der Waals surface area (Å²) in [5.74, 6) is 0. The van der Waals surface area contributed by atoms with Crippen molar-refractivity contribution in [1.82, 2.24) is 0 Å². The van der Waals surface area contributed by atoms with Crippen LogP contribution in [0.4, 0.5) is 0 Å². The number of carbonyl (C=O) groups is 1. The first-order chi connectivity index (χ1) is 2.27. The Labute approximate surface area is 127 Å². The molecule has 0 aromatic carbocycles. The van der Waals surface area contributed by atoms with E-state index in [0.29, 0.717) is 0 Å². The molecule has 0 aliphatic rings. The summed E-state index contributed by atoms with van der Waals surface area (Å²) in [5, 5.41) is 0. The van der Waals surface area contributed by atoms with Crippen molar-refractivity contribution in [3.63, 3.8) is 0 Å². The second-order valence-corrected chi connectivity index (χ2v) is 2.26. The van der Waals surface area contributed by atoms with E-state index in [9.17, 15) is 4.79 Å². The molecule has 0 atom stereocenters. The summed E-state index contributed by atoms with van der Waals surface area (Å²) in [6, 6.07) is 0. The quantitative estimate of drug-likeness (QED) is 0.253. The Bertz CT molecular complexity index is 72.8. The van der Waals surface area contributed by atoms with Gasteiger partial charge >= 0.3 is 45.7 Å². The topological polar surface area (TPSA) is 17.1 Å². The van der Waals surface area contributed by atoms with E-state index in [4.69, 9.17) is 0 Å². The zero-order valence-corrected chi connectivity index (χ0v) is 17.4. The molecule has 0 unspecified atom stereocenters. The summed E-state index contributed by atoms with van der Waals surface area (Å²) in [6.45, 7) is 3.24. The van der Waals surface area contributed by atoms with Gasteiger partial charge in [0.15, 0.2) is 0 Å². The maximum absolute atomic E-state index is 9.74. The molecule has 0 aromatic rings. The van der Waals surface area contributed by atoms with Crippen LogP contribution in [0.3, 0.4) is 0 Å². The summed E-state index contributed by atoms with van der Waals surface area (Å²) in [4.78, 5) is 9.74. The van der Waals surface area contributed by atoms with Gasteiger partial charge in [0.2, 0.25) is 0 Å². The summed E-state index contributed by atoms with van der Waals surface area (Å²) < 4.78 is 0.130. The third kappa shape index (κ3) is 35.6. The SMILES string of the molecule is C=C[C](=O)[Bi].[Se].[Te].[Te].[Zn]. The van der Waals surface area contributed by atoms with E-state index < -0.39 is 0 Å². The normalized spacial score (nSPS) is 3.67. The van der Waals surface area contributed by atoms with Crippen molar-refractivity contribution < 1.29 is 24.3 Å². The fourth-order valence-corrected chi connectivity index (χ4v) is 0. The van der Waals surface area contributed by atoms with E-state index in [-0.39, 0.29) is 87.4 Å². The van der Waals surface area contributed by atoms with E-state index in [1.807, 2.05) is 0 Å². The van der Waals surface area contributed by atoms with Gasteiger partial charge in [-0.15, -0.1) is 0 Å². The van der Waals surface area contributed by atoms with Gasteiger partial charge in [-0.05, 0) is 0 Å². The fourth-order valence-electron chi connectivity index (χ4n) is 0. The van der Waals surface area contributed by atoms with Crippen molar-refractivity contribution in [3.05, 3.63) is 12.7 Å². The predicted molar refractivity (Wildman–Crippen MR) is 38.2 cm³/mol. The second kappa shape index (κ2) is 22.5. The zero-order chi connectivity index (χ0) is 4.28. The van der Waals surface area contributed by atoms with Crippen LogP contribution in [0.1, 0.15) is 0 Å². The first kappa shape index (κ1) is 29.6. The van der Waals surface area contributed by atoms with Gasteiger partial charge in [0, 0.05) is 83.9 Å². The Morgan fingerprint density at radius 1 is 1.44 bits per heavy atom. The van der Waals surface area contributed by atoms with Gasteiger partial charge in [-0.25, -0.2) is 0 Å². The number of carbonyl (C=O) groups excluding carboxylic acids is 1. The fraction of sp³-hybridized carbons (Fsp3) is 0. The molecular weight excluding hydrogens is 661 g/mol. The minimum Gasteiger partial charge on any atom is 0 e. The van der Waals surface area contributed by atoms with Crippen molar-refractivity contribution in [1.29, 1.82) is 0 Å². The van der Waals surface area contributed by atoms with Gasteiger partial charge in [0.25, 0.3) is 0 Å². The molecule has 0 rings (SSSR count). The molecule has 0 saturated carbocycles. The van der Waals surface area contributed by atoms with Gasteiger partial charge in [-0.3, -0.25) is 0 Å². The third-order valence-corrected chi connectivity index (χ3v) is 0.884. The molecule has 0 heterocycles. The van der Waals surface area contributed by atoms with Crippen LogP contribution in [0.25, 0.3) is 0 Å². The minimum absolute atomic E-state index is 0. The molecule has 0 saturated heterocycles. The average Bonchev–Trinajstić information content (AvgIpc) is 1.38. The van der Waals surface area contributed by atoms with E-state index in [1.165, 1.54) is 6.08 Å². The third-order valence-electron chi connectivity index (χ3n) is 0.175. The van der Waals surface area contributed by atoms with Crippen molar-refractivity contribution >= 4 is 92.6 Å². The molecule has 8 radical (unpaired) electrons. The van der Waals surface area contributed by atoms with E-state index >= 15 is 0 Å². The monoisotopic (exact) mass is 668 g/mol. The van der Waals surface area contributed by atoms with Crippen molar-refractivity contribution in [3.8, 4) is 0 Å². The van der Waals surface area contributed by atoms with Crippen molar-refractivity contribution in [2.75, 3.05) is 0 Å². The summed E-state index contributed by atoms with van der Waals surface area (Å²) in [7, 11) is 0. The first-order valence-electron chi connectivity index (χ1n) is 1.12. The molecule has 0 bridgehead atoms. The van der Waals surface area contributed by atoms with Crippen LogP contribution in [0, 0.1) is 0 Å². The van der Waals surface area contributed by atoms with E-state index in [1.54, 1.807) is 0 Å². The standard InChI is InChI=1S/C3H3O.Bi.Se.2Te.Zn/c1-2-3-4;;;;;/h2H,1H2;;;;;. The summed E-state index contributed by atoms with van der Waals surface area (Å²) >= 11 is 0.783. The molecule has 0 aromatic heterocycles. The van der Waals surface area contributed by atoms with Gasteiger partial charge < -0.3 is 0 Å². The van der Waals surface area contributed by atoms with Gasteiger partial charge in [-0.1, -0.05) is 0 Å². The molecule has 0 fully saturated rings. The van der Waals surface area contributed by atoms with E-state index in [2.05, 4.69) is 6.58 Å². The molecule has 6 heteroatoms. The number of allylic oxidation sites excluding steroid dienone is 1.